The average Bonchev–Trinajstić information content (AvgIpc) is 2.48. The lowest BCUT2D eigenvalue weighted by atomic mass is 10.1. The molecule has 0 spiro atoms. The van der Waals surface area contributed by atoms with Crippen LogP contribution in [-0.4, -0.2) is 16.1 Å². The van der Waals surface area contributed by atoms with Crippen LogP contribution >= 0.6 is 11.8 Å². The van der Waals surface area contributed by atoms with E-state index in [0.29, 0.717) is 11.7 Å². The van der Waals surface area contributed by atoms with E-state index in [1.807, 2.05) is 30.8 Å². The lowest BCUT2D eigenvalue weighted by Gasteiger charge is -2.15. The zero-order valence-corrected chi connectivity index (χ0v) is 14.1. The number of thioether (sulfide) groups is 1. The molecule has 116 valence electrons. The summed E-state index contributed by atoms with van der Waals surface area (Å²) in [7, 11) is 0. The van der Waals surface area contributed by atoms with Crippen molar-refractivity contribution in [2.24, 2.45) is 0 Å². The van der Waals surface area contributed by atoms with Gasteiger partial charge in [0.15, 0.2) is 0 Å². The van der Waals surface area contributed by atoms with Gasteiger partial charge < -0.3 is 5.32 Å². The van der Waals surface area contributed by atoms with Gasteiger partial charge in [-0.3, -0.25) is 9.78 Å². The Balaban J connectivity index is 1.91. The largest absolute Gasteiger partial charge is 0.349 e. The highest BCUT2D eigenvalue weighted by molar-refractivity contribution is 7.99. The third-order valence-corrected chi connectivity index (χ3v) is 4.26. The van der Waals surface area contributed by atoms with Gasteiger partial charge >= 0.3 is 0 Å². The van der Waals surface area contributed by atoms with Gasteiger partial charge in [-0.05, 0) is 42.3 Å². The number of nitrogens with one attached hydrogen (secondary N) is 1. The van der Waals surface area contributed by atoms with Gasteiger partial charge in [0.25, 0.3) is 0 Å². The van der Waals surface area contributed by atoms with Crippen LogP contribution in [0, 0.1) is 0 Å². The molecule has 0 saturated heterocycles. The van der Waals surface area contributed by atoms with Crippen LogP contribution in [0.2, 0.25) is 0 Å². The highest BCUT2D eigenvalue weighted by Crippen LogP contribution is 2.24. The molecule has 1 N–H and O–H groups in total. The van der Waals surface area contributed by atoms with E-state index < -0.39 is 0 Å². The van der Waals surface area contributed by atoms with Crippen molar-refractivity contribution in [3.05, 3.63) is 59.9 Å². The van der Waals surface area contributed by atoms with Crippen LogP contribution in [0.15, 0.2) is 53.7 Å². The van der Waals surface area contributed by atoms with Crippen LogP contribution in [0.25, 0.3) is 0 Å². The Labute approximate surface area is 136 Å². The summed E-state index contributed by atoms with van der Waals surface area (Å²) in [5, 5.41) is 3.61. The average molecular weight is 314 g/mol. The number of hydrogen-bond donors (Lipinski definition) is 1. The Morgan fingerprint density at radius 3 is 2.32 bits per heavy atom. The molecule has 0 fully saturated rings. The molecule has 1 aromatic heterocycles. The molecular formula is C18H22N2OS. The summed E-state index contributed by atoms with van der Waals surface area (Å²) in [4.78, 5) is 17.3. The van der Waals surface area contributed by atoms with Crippen molar-refractivity contribution in [3.63, 3.8) is 0 Å². The fourth-order valence-corrected chi connectivity index (χ4v) is 3.01. The Morgan fingerprint density at radius 1 is 1.09 bits per heavy atom. The standard InChI is InChI=1S/C18H22N2OS/c1-13(2)22-17-6-4-16(5-7-17)14(3)20-18(21)12-15-8-10-19-11-9-15/h4-11,13-14H,12H2,1-3H3,(H,20,21). The predicted molar refractivity (Wildman–Crippen MR) is 91.9 cm³/mol. The number of amides is 1. The third-order valence-electron chi connectivity index (χ3n) is 3.24. The number of aromatic nitrogens is 1. The minimum Gasteiger partial charge on any atom is -0.349 e. The van der Waals surface area contributed by atoms with Gasteiger partial charge in [0.05, 0.1) is 12.5 Å². The van der Waals surface area contributed by atoms with E-state index in [2.05, 4.69) is 48.4 Å². The van der Waals surface area contributed by atoms with Gasteiger partial charge in [-0.15, -0.1) is 11.8 Å². The Kier molecular flexibility index (Phi) is 6.01. The molecule has 1 atom stereocenters. The molecule has 0 aliphatic heterocycles. The highest BCUT2D eigenvalue weighted by atomic mass is 32.2. The number of pyridine rings is 1. The van der Waals surface area contributed by atoms with Crippen LogP contribution in [0.5, 0.6) is 0 Å². The zero-order chi connectivity index (χ0) is 15.9. The zero-order valence-electron chi connectivity index (χ0n) is 13.2. The molecule has 3 nitrogen and oxygen atoms in total. The van der Waals surface area contributed by atoms with Crippen molar-refractivity contribution in [2.75, 3.05) is 0 Å². The van der Waals surface area contributed by atoms with E-state index >= 15 is 0 Å². The van der Waals surface area contributed by atoms with Crippen molar-refractivity contribution in [2.45, 2.75) is 43.4 Å². The molecule has 2 rings (SSSR count). The topological polar surface area (TPSA) is 42.0 Å². The maximum atomic E-state index is 12.1. The highest BCUT2D eigenvalue weighted by Gasteiger charge is 2.10. The predicted octanol–water partition coefficient (Wildman–Crippen LogP) is 4.00. The Morgan fingerprint density at radius 2 is 1.73 bits per heavy atom. The van der Waals surface area contributed by atoms with E-state index in [4.69, 9.17) is 0 Å². The minimum atomic E-state index is 0.00689. The van der Waals surface area contributed by atoms with E-state index in [-0.39, 0.29) is 11.9 Å². The second kappa shape index (κ2) is 7.99. The van der Waals surface area contributed by atoms with Crippen LogP contribution < -0.4 is 5.32 Å². The summed E-state index contributed by atoms with van der Waals surface area (Å²) >= 11 is 1.84. The number of benzene rings is 1. The number of carbonyl (C=O) groups excluding carboxylic acids is 1. The molecule has 1 unspecified atom stereocenters. The molecule has 0 radical (unpaired) electrons. The van der Waals surface area contributed by atoms with Crippen LogP contribution in [0.4, 0.5) is 0 Å². The smallest absolute Gasteiger partial charge is 0.224 e. The lowest BCUT2D eigenvalue weighted by molar-refractivity contribution is -0.121. The first kappa shape index (κ1) is 16.6. The van der Waals surface area contributed by atoms with E-state index in [9.17, 15) is 4.79 Å². The van der Waals surface area contributed by atoms with Gasteiger partial charge in [-0.25, -0.2) is 0 Å². The first-order valence-electron chi connectivity index (χ1n) is 7.49. The van der Waals surface area contributed by atoms with E-state index in [1.165, 1.54) is 4.90 Å². The van der Waals surface area contributed by atoms with Gasteiger partial charge in [0.2, 0.25) is 5.91 Å². The molecule has 1 heterocycles. The van der Waals surface area contributed by atoms with Crippen molar-refractivity contribution in [3.8, 4) is 0 Å². The van der Waals surface area contributed by atoms with Gasteiger partial charge in [-0.2, -0.15) is 0 Å². The molecule has 2 aromatic rings. The molecule has 22 heavy (non-hydrogen) atoms. The maximum Gasteiger partial charge on any atom is 0.224 e. The molecule has 0 bridgehead atoms. The molecule has 4 heteroatoms. The SMILES string of the molecule is CC(C)Sc1ccc(C(C)NC(=O)Cc2ccncc2)cc1. The summed E-state index contributed by atoms with van der Waals surface area (Å²) in [6.07, 6.45) is 3.79. The monoisotopic (exact) mass is 314 g/mol. The number of hydrogen-bond acceptors (Lipinski definition) is 3. The van der Waals surface area contributed by atoms with Crippen LogP contribution in [0.1, 0.15) is 37.9 Å². The fraction of sp³-hybridized carbons (Fsp3) is 0.333. The summed E-state index contributed by atoms with van der Waals surface area (Å²) in [5.74, 6) is 0.0272. The third kappa shape index (κ3) is 5.19. The number of rotatable bonds is 6. The fourth-order valence-electron chi connectivity index (χ4n) is 2.17. The summed E-state index contributed by atoms with van der Waals surface area (Å²) < 4.78 is 0. The van der Waals surface area contributed by atoms with Gasteiger partial charge in [-0.1, -0.05) is 26.0 Å². The number of carbonyl (C=O) groups is 1. The van der Waals surface area contributed by atoms with Gasteiger partial charge in [0, 0.05) is 22.5 Å². The van der Waals surface area contributed by atoms with Crippen molar-refractivity contribution in [1.82, 2.24) is 10.3 Å². The van der Waals surface area contributed by atoms with E-state index in [1.54, 1.807) is 12.4 Å². The molecule has 1 amide bonds. The van der Waals surface area contributed by atoms with Crippen LogP contribution in [-0.2, 0) is 11.2 Å². The molecular weight excluding hydrogens is 292 g/mol. The first-order valence-corrected chi connectivity index (χ1v) is 8.37. The quantitative estimate of drug-likeness (QED) is 0.819. The van der Waals surface area contributed by atoms with Crippen LogP contribution in [0.3, 0.4) is 0 Å². The second-order valence-electron chi connectivity index (χ2n) is 5.56. The van der Waals surface area contributed by atoms with Gasteiger partial charge in [0.1, 0.15) is 0 Å². The summed E-state index contributed by atoms with van der Waals surface area (Å²) in [6, 6.07) is 12.1. The normalized spacial score (nSPS) is 12.2. The molecule has 1 aromatic carbocycles. The lowest BCUT2D eigenvalue weighted by Crippen LogP contribution is -2.28. The summed E-state index contributed by atoms with van der Waals surface area (Å²) in [6.45, 7) is 6.37. The molecule has 0 aliphatic rings. The minimum absolute atomic E-state index is 0.00689. The molecule has 0 saturated carbocycles. The van der Waals surface area contributed by atoms with Crippen molar-refractivity contribution >= 4 is 17.7 Å². The maximum absolute atomic E-state index is 12.1. The number of nitrogens with zero attached hydrogens (tertiary/aromatic N) is 1. The van der Waals surface area contributed by atoms with Crippen molar-refractivity contribution < 1.29 is 4.79 Å². The molecule has 0 aliphatic carbocycles. The van der Waals surface area contributed by atoms with Crippen molar-refractivity contribution in [1.29, 1.82) is 0 Å². The Bertz CT molecular complexity index is 596. The second-order valence-corrected chi connectivity index (χ2v) is 7.21. The Hall–Kier alpha value is -1.81. The summed E-state index contributed by atoms with van der Waals surface area (Å²) in [5.41, 5.74) is 2.10. The van der Waals surface area contributed by atoms with E-state index in [0.717, 1.165) is 11.1 Å². The first-order chi connectivity index (χ1) is 10.5.